The summed E-state index contributed by atoms with van der Waals surface area (Å²) in [5.41, 5.74) is -5.24. The molecule has 29 heavy (non-hydrogen) atoms. The number of hydrazine groups is 1. The Morgan fingerprint density at radius 1 is 1.14 bits per heavy atom. The van der Waals surface area contributed by atoms with Crippen molar-refractivity contribution in [2.45, 2.75) is 18.3 Å². The number of carbonyl (C=O) groups excluding carboxylic acids is 1. The zero-order chi connectivity index (χ0) is 21.4. The molecular weight excluding hydrogens is 460 g/mol. The highest BCUT2D eigenvalue weighted by atomic mass is 35.5. The number of halogens is 5. The summed E-state index contributed by atoms with van der Waals surface area (Å²) < 4.78 is 69.0. The van der Waals surface area contributed by atoms with E-state index in [1.54, 1.807) is 5.01 Å². The largest absolute Gasteiger partial charge is 0.534 e. The SMILES string of the molecule is O=C1C(Cc2c(Cl)cc(OS(=O)(=O)C(F)(F)F)cc2Cl)CCN1N1CCOCC1. The number of nitrogens with zero attached hydrogens (tertiary/aromatic N) is 2. The van der Waals surface area contributed by atoms with Crippen LogP contribution in [0.25, 0.3) is 0 Å². The summed E-state index contributed by atoms with van der Waals surface area (Å²) in [7, 11) is -5.84. The molecule has 0 radical (unpaired) electrons. The summed E-state index contributed by atoms with van der Waals surface area (Å²) in [6.07, 6.45) is 0.729. The third-order valence-corrected chi connectivity index (χ3v) is 6.33. The van der Waals surface area contributed by atoms with E-state index in [1.807, 2.05) is 5.01 Å². The molecule has 1 unspecified atom stereocenters. The standard InChI is InChI=1S/C16H17Cl2F3N2O5S/c17-13-8-11(28-29(25,26)16(19,20)21)9-14(18)12(13)7-10-1-2-23(15(10)24)22-3-5-27-6-4-22/h8-10H,1-7H2. The van der Waals surface area contributed by atoms with Gasteiger partial charge >= 0.3 is 15.6 Å². The lowest BCUT2D eigenvalue weighted by Crippen LogP contribution is -2.49. The minimum Gasteiger partial charge on any atom is -0.379 e. The zero-order valence-corrected chi connectivity index (χ0v) is 17.2. The zero-order valence-electron chi connectivity index (χ0n) is 14.9. The van der Waals surface area contributed by atoms with Crippen molar-refractivity contribution in [3.05, 3.63) is 27.7 Å². The van der Waals surface area contributed by atoms with Gasteiger partial charge in [0.05, 0.1) is 13.2 Å². The molecule has 1 aromatic carbocycles. The van der Waals surface area contributed by atoms with Crippen molar-refractivity contribution < 1.29 is 35.3 Å². The van der Waals surface area contributed by atoms with Gasteiger partial charge in [0.25, 0.3) is 0 Å². The Balaban J connectivity index is 1.73. The molecule has 7 nitrogen and oxygen atoms in total. The van der Waals surface area contributed by atoms with E-state index in [0.717, 1.165) is 12.1 Å². The lowest BCUT2D eigenvalue weighted by atomic mass is 9.98. The molecule has 2 saturated heterocycles. The van der Waals surface area contributed by atoms with E-state index in [4.69, 9.17) is 27.9 Å². The van der Waals surface area contributed by atoms with Gasteiger partial charge in [-0.05, 0) is 18.4 Å². The first-order chi connectivity index (χ1) is 13.5. The van der Waals surface area contributed by atoms with E-state index in [2.05, 4.69) is 4.18 Å². The molecule has 0 aliphatic carbocycles. The molecule has 13 heteroatoms. The van der Waals surface area contributed by atoms with Crippen LogP contribution in [0.5, 0.6) is 5.75 Å². The van der Waals surface area contributed by atoms with Crippen LogP contribution in [-0.2, 0) is 26.1 Å². The Morgan fingerprint density at radius 3 is 2.28 bits per heavy atom. The third-order valence-electron chi connectivity index (χ3n) is 4.68. The van der Waals surface area contributed by atoms with Crippen LogP contribution in [0.4, 0.5) is 13.2 Å². The second kappa shape index (κ2) is 8.46. The molecule has 0 N–H and O–H groups in total. The Morgan fingerprint density at radius 2 is 1.72 bits per heavy atom. The summed E-state index contributed by atoms with van der Waals surface area (Å²) >= 11 is 12.2. The van der Waals surface area contributed by atoms with Gasteiger partial charge in [-0.25, -0.2) is 5.01 Å². The maximum Gasteiger partial charge on any atom is 0.534 e. The molecule has 0 bridgehead atoms. The number of hydrogen-bond donors (Lipinski definition) is 0. The number of rotatable bonds is 5. The van der Waals surface area contributed by atoms with Crippen molar-refractivity contribution in [1.82, 2.24) is 10.0 Å². The van der Waals surface area contributed by atoms with Crippen LogP contribution in [0.3, 0.4) is 0 Å². The van der Waals surface area contributed by atoms with Gasteiger partial charge in [0, 0.05) is 47.7 Å². The van der Waals surface area contributed by atoms with Gasteiger partial charge in [0.15, 0.2) is 0 Å². The Bertz CT molecular complexity index is 868. The van der Waals surface area contributed by atoms with Crippen LogP contribution >= 0.6 is 23.2 Å². The quantitative estimate of drug-likeness (QED) is 0.480. The molecule has 162 valence electrons. The van der Waals surface area contributed by atoms with Crippen LogP contribution < -0.4 is 4.18 Å². The fraction of sp³-hybridized carbons (Fsp3) is 0.562. The molecule has 0 spiro atoms. The van der Waals surface area contributed by atoms with Crippen LogP contribution in [-0.4, -0.2) is 62.7 Å². The van der Waals surface area contributed by atoms with Gasteiger partial charge in [-0.15, -0.1) is 0 Å². The number of hydrogen-bond acceptors (Lipinski definition) is 6. The predicted molar refractivity (Wildman–Crippen MR) is 98.0 cm³/mol. The summed E-state index contributed by atoms with van der Waals surface area (Å²) in [4.78, 5) is 12.7. The lowest BCUT2D eigenvalue weighted by Gasteiger charge is -2.34. The van der Waals surface area contributed by atoms with E-state index < -0.39 is 27.3 Å². The molecule has 1 atom stereocenters. The lowest BCUT2D eigenvalue weighted by molar-refractivity contribution is -0.153. The average Bonchev–Trinajstić information content (AvgIpc) is 2.98. The molecule has 1 aromatic rings. The van der Waals surface area contributed by atoms with Crippen LogP contribution in [0, 0.1) is 5.92 Å². The first kappa shape index (κ1) is 22.4. The summed E-state index contributed by atoms with van der Waals surface area (Å²) in [5, 5.41) is 3.43. The molecule has 0 saturated carbocycles. The van der Waals surface area contributed by atoms with E-state index in [0.29, 0.717) is 44.8 Å². The van der Waals surface area contributed by atoms with Crippen LogP contribution in [0.15, 0.2) is 12.1 Å². The number of amides is 1. The monoisotopic (exact) mass is 476 g/mol. The fourth-order valence-electron chi connectivity index (χ4n) is 3.23. The molecule has 3 rings (SSSR count). The Hall–Kier alpha value is -1.27. The van der Waals surface area contributed by atoms with Gasteiger partial charge in [-0.2, -0.15) is 21.6 Å². The van der Waals surface area contributed by atoms with Crippen molar-refractivity contribution in [2.75, 3.05) is 32.8 Å². The van der Waals surface area contributed by atoms with Gasteiger partial charge in [0.2, 0.25) is 5.91 Å². The van der Waals surface area contributed by atoms with E-state index in [9.17, 15) is 26.4 Å². The Labute approximate surface area is 175 Å². The first-order valence-corrected chi connectivity index (χ1v) is 10.8. The van der Waals surface area contributed by atoms with Gasteiger partial charge in [0.1, 0.15) is 5.75 Å². The second-order valence-corrected chi connectivity index (χ2v) is 8.92. The van der Waals surface area contributed by atoms with Crippen LogP contribution in [0.2, 0.25) is 10.0 Å². The van der Waals surface area contributed by atoms with Crippen molar-refractivity contribution in [2.24, 2.45) is 5.92 Å². The topological polar surface area (TPSA) is 76.2 Å². The molecule has 2 fully saturated rings. The van der Waals surface area contributed by atoms with E-state index in [-0.39, 0.29) is 22.4 Å². The molecule has 2 aliphatic rings. The van der Waals surface area contributed by atoms with Crippen molar-refractivity contribution in [1.29, 1.82) is 0 Å². The first-order valence-electron chi connectivity index (χ1n) is 8.62. The second-order valence-electron chi connectivity index (χ2n) is 6.57. The number of alkyl halides is 3. The fourth-order valence-corrected chi connectivity index (χ4v) is 4.30. The average molecular weight is 477 g/mol. The Kier molecular flexibility index (Phi) is 6.54. The minimum atomic E-state index is -5.84. The van der Waals surface area contributed by atoms with Crippen molar-refractivity contribution in [3.8, 4) is 5.75 Å². The van der Waals surface area contributed by atoms with E-state index in [1.165, 1.54) is 0 Å². The molecule has 1 amide bonds. The van der Waals surface area contributed by atoms with E-state index >= 15 is 0 Å². The number of morpholine rings is 1. The molecule has 0 aromatic heterocycles. The van der Waals surface area contributed by atoms with Gasteiger partial charge in [-0.1, -0.05) is 23.2 Å². The number of benzene rings is 1. The maximum atomic E-state index is 12.7. The van der Waals surface area contributed by atoms with Crippen LogP contribution in [0.1, 0.15) is 12.0 Å². The number of carbonyl (C=O) groups is 1. The highest BCUT2D eigenvalue weighted by Gasteiger charge is 2.48. The highest BCUT2D eigenvalue weighted by Crippen LogP contribution is 2.36. The summed E-state index contributed by atoms with van der Waals surface area (Å²) in [5.74, 6) is -1.16. The van der Waals surface area contributed by atoms with Gasteiger partial charge in [-0.3, -0.25) is 9.80 Å². The number of ether oxygens (including phenoxy) is 1. The molecular formula is C16H17Cl2F3N2O5S. The maximum absolute atomic E-state index is 12.7. The smallest absolute Gasteiger partial charge is 0.379 e. The third kappa shape index (κ3) is 4.91. The normalized spacial score (nSPS) is 21.6. The molecule has 2 heterocycles. The predicted octanol–water partition coefficient (Wildman–Crippen LogP) is 2.86. The summed E-state index contributed by atoms with van der Waals surface area (Å²) in [6.45, 7) is 2.83. The summed E-state index contributed by atoms with van der Waals surface area (Å²) in [6, 6.07) is 1.87. The van der Waals surface area contributed by atoms with Gasteiger partial charge < -0.3 is 8.92 Å². The highest BCUT2D eigenvalue weighted by molar-refractivity contribution is 7.88. The molecule has 2 aliphatic heterocycles. The van der Waals surface area contributed by atoms with Crippen molar-refractivity contribution >= 4 is 39.2 Å². The van der Waals surface area contributed by atoms with Crippen molar-refractivity contribution in [3.63, 3.8) is 0 Å². The minimum absolute atomic E-state index is 0.0810.